The first-order chi connectivity index (χ1) is 13.1. The Morgan fingerprint density at radius 3 is 2.36 bits per heavy atom. The van der Waals surface area contributed by atoms with Gasteiger partial charge in [0.25, 0.3) is 0 Å². The summed E-state index contributed by atoms with van der Waals surface area (Å²) in [5, 5.41) is 2.90. The number of anilines is 1. The summed E-state index contributed by atoms with van der Waals surface area (Å²) in [6, 6.07) is 12.5. The Morgan fingerprint density at radius 2 is 1.79 bits per heavy atom. The zero-order valence-electron chi connectivity index (χ0n) is 17.0. The number of nitrogens with one attached hydrogen (secondary N) is 1. The van der Waals surface area contributed by atoms with Crippen molar-refractivity contribution in [1.82, 2.24) is 5.32 Å². The third-order valence-electron chi connectivity index (χ3n) is 4.40. The molecule has 0 saturated carbocycles. The normalized spacial score (nSPS) is 12.3. The second kappa shape index (κ2) is 9.10. The molecule has 1 amide bonds. The number of rotatable bonds is 8. The lowest BCUT2D eigenvalue weighted by Crippen LogP contribution is -2.41. The Kier molecular flexibility index (Phi) is 7.07. The van der Waals surface area contributed by atoms with Crippen molar-refractivity contribution in [2.45, 2.75) is 33.7 Å². The summed E-state index contributed by atoms with van der Waals surface area (Å²) in [4.78, 5) is 12.6. The van der Waals surface area contributed by atoms with Crippen LogP contribution in [-0.2, 0) is 14.8 Å². The number of ether oxygens (including phenoxy) is 1. The average Bonchev–Trinajstić information content (AvgIpc) is 2.62. The third-order valence-corrected chi connectivity index (χ3v) is 5.54. The van der Waals surface area contributed by atoms with Crippen LogP contribution >= 0.6 is 0 Å². The molecular weight excluding hydrogens is 376 g/mol. The Balaban J connectivity index is 2.16. The van der Waals surface area contributed by atoms with E-state index in [2.05, 4.69) is 5.32 Å². The van der Waals surface area contributed by atoms with Crippen molar-refractivity contribution in [2.24, 2.45) is 0 Å². The minimum Gasteiger partial charge on any atom is -0.494 e. The van der Waals surface area contributed by atoms with E-state index in [1.165, 1.54) is 0 Å². The highest BCUT2D eigenvalue weighted by Crippen LogP contribution is 2.22. The zero-order chi connectivity index (χ0) is 20.9. The predicted molar refractivity (Wildman–Crippen MR) is 112 cm³/mol. The van der Waals surface area contributed by atoms with E-state index in [-0.39, 0.29) is 18.5 Å². The first-order valence-electron chi connectivity index (χ1n) is 9.19. The van der Waals surface area contributed by atoms with Crippen LogP contribution in [0.2, 0.25) is 0 Å². The highest BCUT2D eigenvalue weighted by atomic mass is 32.2. The van der Waals surface area contributed by atoms with Gasteiger partial charge in [0, 0.05) is 0 Å². The van der Waals surface area contributed by atoms with Crippen LogP contribution < -0.4 is 14.4 Å². The smallest absolute Gasteiger partial charge is 0.241 e. The number of hydrogen-bond acceptors (Lipinski definition) is 4. The highest BCUT2D eigenvalue weighted by Gasteiger charge is 2.22. The second-order valence-corrected chi connectivity index (χ2v) is 8.75. The summed E-state index contributed by atoms with van der Waals surface area (Å²) < 4.78 is 31.0. The Labute approximate surface area is 167 Å². The van der Waals surface area contributed by atoms with Crippen molar-refractivity contribution in [1.29, 1.82) is 0 Å². The lowest BCUT2D eigenvalue weighted by molar-refractivity contribution is -0.120. The maximum absolute atomic E-state index is 12.6. The van der Waals surface area contributed by atoms with Crippen LogP contribution in [0.3, 0.4) is 0 Å². The zero-order valence-corrected chi connectivity index (χ0v) is 17.8. The molecule has 0 unspecified atom stereocenters. The molecule has 7 heteroatoms. The van der Waals surface area contributed by atoms with Gasteiger partial charge in [-0.3, -0.25) is 9.10 Å². The van der Waals surface area contributed by atoms with Gasteiger partial charge in [0.05, 0.1) is 24.6 Å². The van der Waals surface area contributed by atoms with Crippen LogP contribution in [0.5, 0.6) is 5.75 Å². The molecule has 6 nitrogen and oxygen atoms in total. The van der Waals surface area contributed by atoms with Crippen LogP contribution in [0, 0.1) is 13.8 Å². The third kappa shape index (κ3) is 5.73. The van der Waals surface area contributed by atoms with E-state index in [1.807, 2.05) is 45.9 Å². The molecule has 0 aromatic heterocycles. The fourth-order valence-corrected chi connectivity index (χ4v) is 3.85. The first-order valence-corrected chi connectivity index (χ1v) is 11.0. The van der Waals surface area contributed by atoms with Crippen LogP contribution in [-0.4, -0.2) is 33.7 Å². The van der Waals surface area contributed by atoms with Crippen LogP contribution in [0.1, 0.15) is 36.6 Å². The van der Waals surface area contributed by atoms with Gasteiger partial charge < -0.3 is 10.1 Å². The summed E-state index contributed by atoms with van der Waals surface area (Å²) in [7, 11) is -3.62. The first kappa shape index (κ1) is 21.8. The molecule has 0 spiro atoms. The minimum absolute atomic E-state index is 0.228. The van der Waals surface area contributed by atoms with E-state index in [1.54, 1.807) is 24.3 Å². The molecule has 2 aromatic carbocycles. The Morgan fingerprint density at radius 1 is 1.14 bits per heavy atom. The van der Waals surface area contributed by atoms with Crippen molar-refractivity contribution in [2.75, 3.05) is 23.7 Å². The molecule has 0 aliphatic heterocycles. The summed E-state index contributed by atoms with van der Waals surface area (Å²) in [5.41, 5.74) is 3.61. The van der Waals surface area contributed by atoms with Gasteiger partial charge in [-0.2, -0.15) is 0 Å². The Bertz CT molecular complexity index is 924. The molecule has 152 valence electrons. The molecule has 0 bridgehead atoms. The largest absolute Gasteiger partial charge is 0.494 e. The van der Waals surface area contributed by atoms with E-state index in [9.17, 15) is 13.2 Å². The number of hydrogen-bond donors (Lipinski definition) is 1. The van der Waals surface area contributed by atoms with E-state index in [0.29, 0.717) is 18.0 Å². The standard InChI is InChI=1S/C21H28N2O4S/c1-6-27-19-11-9-18(10-12-19)23(28(5,25)26)14-21(24)22-17(4)20-13-15(2)7-8-16(20)3/h7-13,17H,6,14H2,1-5H3,(H,22,24)/t17-/m1/s1. The number of aryl methyl sites for hydroxylation is 2. The lowest BCUT2D eigenvalue weighted by Gasteiger charge is -2.24. The fraction of sp³-hybridized carbons (Fsp3) is 0.381. The second-order valence-electron chi connectivity index (χ2n) is 6.85. The van der Waals surface area contributed by atoms with Gasteiger partial charge in [-0.25, -0.2) is 8.42 Å². The number of carbonyl (C=O) groups excluding carboxylic acids is 1. The molecule has 1 N–H and O–H groups in total. The average molecular weight is 405 g/mol. The van der Waals surface area contributed by atoms with Crippen molar-refractivity contribution >= 4 is 21.6 Å². The van der Waals surface area contributed by atoms with E-state index >= 15 is 0 Å². The van der Waals surface area contributed by atoms with E-state index in [0.717, 1.165) is 27.3 Å². The monoisotopic (exact) mass is 404 g/mol. The van der Waals surface area contributed by atoms with Gasteiger partial charge >= 0.3 is 0 Å². The summed E-state index contributed by atoms with van der Waals surface area (Å²) in [6.45, 7) is 7.98. The van der Waals surface area contributed by atoms with E-state index < -0.39 is 10.0 Å². The fourth-order valence-electron chi connectivity index (χ4n) is 3.00. The van der Waals surface area contributed by atoms with Crippen molar-refractivity contribution in [3.05, 3.63) is 59.2 Å². The maximum Gasteiger partial charge on any atom is 0.241 e. The summed E-state index contributed by atoms with van der Waals surface area (Å²) in [6.07, 6.45) is 1.09. The number of amides is 1. The SMILES string of the molecule is CCOc1ccc(N(CC(=O)N[C@H](C)c2cc(C)ccc2C)S(C)(=O)=O)cc1. The van der Waals surface area contributed by atoms with E-state index in [4.69, 9.17) is 4.74 Å². The van der Waals surface area contributed by atoms with Crippen molar-refractivity contribution in [3.63, 3.8) is 0 Å². The van der Waals surface area contributed by atoms with Gasteiger partial charge in [-0.05, 0) is 63.1 Å². The molecule has 0 aliphatic rings. The van der Waals surface area contributed by atoms with Gasteiger partial charge in [0.15, 0.2) is 0 Å². The Hall–Kier alpha value is -2.54. The molecule has 0 radical (unpaired) electrons. The summed E-state index contributed by atoms with van der Waals surface area (Å²) >= 11 is 0. The quantitative estimate of drug-likeness (QED) is 0.732. The van der Waals surface area contributed by atoms with Crippen LogP contribution in [0.25, 0.3) is 0 Å². The number of nitrogens with zero attached hydrogens (tertiary/aromatic N) is 1. The summed E-state index contributed by atoms with van der Waals surface area (Å²) in [5.74, 6) is 0.278. The van der Waals surface area contributed by atoms with Gasteiger partial charge in [0.1, 0.15) is 12.3 Å². The van der Waals surface area contributed by atoms with Crippen molar-refractivity contribution < 1.29 is 17.9 Å². The number of sulfonamides is 1. The molecule has 0 fully saturated rings. The molecule has 2 aromatic rings. The molecule has 2 rings (SSSR count). The van der Waals surface area contributed by atoms with Crippen LogP contribution in [0.4, 0.5) is 5.69 Å². The molecule has 28 heavy (non-hydrogen) atoms. The molecule has 0 saturated heterocycles. The highest BCUT2D eigenvalue weighted by molar-refractivity contribution is 7.92. The number of benzene rings is 2. The molecule has 0 aliphatic carbocycles. The number of carbonyl (C=O) groups is 1. The van der Waals surface area contributed by atoms with Gasteiger partial charge in [-0.15, -0.1) is 0 Å². The lowest BCUT2D eigenvalue weighted by atomic mass is 10.00. The van der Waals surface area contributed by atoms with Gasteiger partial charge in [-0.1, -0.05) is 23.8 Å². The van der Waals surface area contributed by atoms with Gasteiger partial charge in [0.2, 0.25) is 15.9 Å². The molecular formula is C21H28N2O4S. The predicted octanol–water partition coefficient (Wildman–Crippen LogP) is 3.35. The maximum atomic E-state index is 12.6. The minimum atomic E-state index is -3.62. The topological polar surface area (TPSA) is 75.7 Å². The molecule has 0 heterocycles. The van der Waals surface area contributed by atoms with Crippen molar-refractivity contribution in [3.8, 4) is 5.75 Å². The van der Waals surface area contributed by atoms with Crippen LogP contribution in [0.15, 0.2) is 42.5 Å². The molecule has 1 atom stereocenters.